The quantitative estimate of drug-likeness (QED) is 0.242. The van der Waals surface area contributed by atoms with Gasteiger partial charge >= 0.3 is 5.97 Å². The van der Waals surface area contributed by atoms with Crippen LogP contribution in [-0.4, -0.2) is 12.6 Å². The summed E-state index contributed by atoms with van der Waals surface area (Å²) in [7, 11) is 0. The highest BCUT2D eigenvalue weighted by Gasteiger charge is 2.15. The Bertz CT molecular complexity index is 1360. The van der Waals surface area contributed by atoms with Crippen molar-refractivity contribution in [1.29, 1.82) is 0 Å². The van der Waals surface area contributed by atoms with E-state index in [0.29, 0.717) is 29.1 Å². The number of hydrogen-bond donors (Lipinski definition) is 0. The van der Waals surface area contributed by atoms with Crippen molar-refractivity contribution in [3.8, 4) is 23.0 Å². The Hall–Kier alpha value is -4.06. The van der Waals surface area contributed by atoms with Crippen LogP contribution in [0.3, 0.4) is 0 Å². The Morgan fingerprint density at radius 1 is 0.882 bits per heavy atom. The maximum Gasteiger partial charge on any atom is 0.343 e. The van der Waals surface area contributed by atoms with Crippen LogP contribution in [0.15, 0.2) is 82.2 Å². The highest BCUT2D eigenvalue weighted by atomic mass is 16.5. The Morgan fingerprint density at radius 3 is 2.18 bits per heavy atom. The third-order valence-corrected chi connectivity index (χ3v) is 5.27. The molecule has 0 saturated carbocycles. The molecule has 0 atom stereocenters. The van der Waals surface area contributed by atoms with Crippen LogP contribution in [0.2, 0.25) is 0 Å². The molecule has 0 saturated heterocycles. The van der Waals surface area contributed by atoms with Crippen molar-refractivity contribution in [3.63, 3.8) is 0 Å². The minimum Gasteiger partial charge on any atom is -0.494 e. The first-order chi connectivity index (χ1) is 16.2. The van der Waals surface area contributed by atoms with Gasteiger partial charge in [-0.2, -0.15) is 0 Å². The molecule has 0 amide bonds. The van der Waals surface area contributed by atoms with Crippen molar-refractivity contribution in [1.82, 2.24) is 0 Å². The number of carbonyl (C=O) groups is 1. The molecule has 6 heteroatoms. The van der Waals surface area contributed by atoms with E-state index < -0.39 is 5.97 Å². The van der Waals surface area contributed by atoms with E-state index in [9.17, 15) is 9.59 Å². The number of ether oxygens (including phenoxy) is 3. The topological polar surface area (TPSA) is 75.0 Å². The molecule has 4 aromatic rings. The maximum absolute atomic E-state index is 12.9. The van der Waals surface area contributed by atoms with Gasteiger partial charge in [-0.15, -0.1) is 0 Å². The van der Waals surface area contributed by atoms with E-state index in [1.54, 1.807) is 36.4 Å². The van der Waals surface area contributed by atoms with Crippen LogP contribution >= 0.6 is 0 Å². The zero-order chi connectivity index (χ0) is 24.3. The summed E-state index contributed by atoms with van der Waals surface area (Å²) in [5.74, 6) is 1.04. The standard InChI is InChI=1S/C28H26O6/c1-5-31-20-10-6-18(7-11-20)27(30)34-22-14-15-23-24(16-22)32-17-25(26(23)29)33-21-12-8-19(9-13-21)28(2,3)4/h6-17H,5H2,1-4H3. The van der Waals surface area contributed by atoms with Gasteiger partial charge in [-0.3, -0.25) is 4.79 Å². The monoisotopic (exact) mass is 458 g/mol. The third kappa shape index (κ3) is 5.12. The SMILES string of the molecule is CCOc1ccc(C(=O)Oc2ccc3c(=O)c(Oc4ccc(C(C)(C)C)cc4)coc3c2)cc1. The van der Waals surface area contributed by atoms with Crippen molar-refractivity contribution in [2.45, 2.75) is 33.1 Å². The minimum atomic E-state index is -0.525. The number of rotatable bonds is 6. The van der Waals surface area contributed by atoms with E-state index in [4.69, 9.17) is 18.6 Å². The predicted molar refractivity (Wildman–Crippen MR) is 130 cm³/mol. The average molecular weight is 459 g/mol. The summed E-state index contributed by atoms with van der Waals surface area (Å²) in [4.78, 5) is 25.3. The van der Waals surface area contributed by atoms with Crippen LogP contribution < -0.4 is 19.6 Å². The molecule has 0 aliphatic heterocycles. The number of hydrogen-bond acceptors (Lipinski definition) is 6. The van der Waals surface area contributed by atoms with Crippen LogP contribution in [0.25, 0.3) is 11.0 Å². The summed E-state index contributed by atoms with van der Waals surface area (Å²) in [5.41, 5.74) is 1.54. The van der Waals surface area contributed by atoms with Crippen molar-refractivity contribution >= 4 is 16.9 Å². The van der Waals surface area contributed by atoms with Crippen molar-refractivity contribution in [2.75, 3.05) is 6.61 Å². The van der Waals surface area contributed by atoms with Gasteiger partial charge in [-0.05, 0) is 66.4 Å². The summed E-state index contributed by atoms with van der Waals surface area (Å²) in [6, 6.07) is 18.9. The summed E-state index contributed by atoms with van der Waals surface area (Å²) >= 11 is 0. The second kappa shape index (κ2) is 9.43. The molecule has 174 valence electrons. The van der Waals surface area contributed by atoms with E-state index in [0.717, 1.165) is 5.56 Å². The van der Waals surface area contributed by atoms with Gasteiger partial charge < -0.3 is 18.6 Å². The van der Waals surface area contributed by atoms with E-state index in [1.807, 2.05) is 31.2 Å². The second-order valence-corrected chi connectivity index (χ2v) is 8.81. The average Bonchev–Trinajstić information content (AvgIpc) is 2.81. The van der Waals surface area contributed by atoms with Crippen molar-refractivity contribution < 1.29 is 23.4 Å². The van der Waals surface area contributed by atoms with Gasteiger partial charge in [0.2, 0.25) is 11.2 Å². The van der Waals surface area contributed by atoms with E-state index in [1.165, 1.54) is 12.3 Å². The first-order valence-corrected chi connectivity index (χ1v) is 11.0. The molecular weight excluding hydrogens is 432 g/mol. The summed E-state index contributed by atoms with van der Waals surface area (Å²) in [5, 5.41) is 0.324. The molecule has 0 spiro atoms. The molecule has 34 heavy (non-hydrogen) atoms. The zero-order valence-corrected chi connectivity index (χ0v) is 19.6. The predicted octanol–water partition coefficient (Wildman–Crippen LogP) is 6.50. The minimum absolute atomic E-state index is 0.0224. The van der Waals surface area contributed by atoms with Gasteiger partial charge in [0.15, 0.2) is 0 Å². The molecule has 0 fully saturated rings. The molecule has 0 radical (unpaired) electrons. The smallest absolute Gasteiger partial charge is 0.343 e. The fraction of sp³-hybridized carbons (Fsp3) is 0.214. The number of carbonyl (C=O) groups excluding carboxylic acids is 1. The van der Waals surface area contributed by atoms with E-state index in [-0.39, 0.29) is 27.9 Å². The van der Waals surface area contributed by atoms with Crippen LogP contribution in [-0.2, 0) is 5.41 Å². The summed E-state index contributed by atoms with van der Waals surface area (Å²) in [6.45, 7) is 8.82. The maximum atomic E-state index is 12.9. The van der Waals surface area contributed by atoms with Gasteiger partial charge in [0.1, 0.15) is 29.1 Å². The number of esters is 1. The lowest BCUT2D eigenvalue weighted by Gasteiger charge is -2.19. The molecule has 0 bridgehead atoms. The van der Waals surface area contributed by atoms with Crippen LogP contribution in [0.4, 0.5) is 0 Å². The van der Waals surface area contributed by atoms with Gasteiger partial charge in [-0.1, -0.05) is 32.9 Å². The Balaban J connectivity index is 1.51. The molecule has 0 N–H and O–H groups in total. The van der Waals surface area contributed by atoms with Crippen LogP contribution in [0.5, 0.6) is 23.0 Å². The fourth-order valence-electron chi connectivity index (χ4n) is 3.39. The molecule has 4 rings (SSSR count). The largest absolute Gasteiger partial charge is 0.494 e. The lowest BCUT2D eigenvalue weighted by Crippen LogP contribution is -2.10. The molecule has 0 aliphatic carbocycles. The van der Waals surface area contributed by atoms with Gasteiger partial charge in [0.25, 0.3) is 0 Å². The molecular formula is C28H26O6. The van der Waals surface area contributed by atoms with Gasteiger partial charge in [-0.25, -0.2) is 4.79 Å². The fourth-order valence-corrected chi connectivity index (χ4v) is 3.39. The normalized spacial score (nSPS) is 11.3. The molecule has 1 heterocycles. The van der Waals surface area contributed by atoms with E-state index in [2.05, 4.69) is 20.8 Å². The summed E-state index contributed by atoms with van der Waals surface area (Å²) < 4.78 is 22.2. The van der Waals surface area contributed by atoms with Gasteiger partial charge in [0, 0.05) is 6.07 Å². The van der Waals surface area contributed by atoms with Crippen molar-refractivity contribution in [3.05, 3.63) is 94.3 Å². The van der Waals surface area contributed by atoms with Crippen molar-refractivity contribution in [2.24, 2.45) is 0 Å². The molecule has 6 nitrogen and oxygen atoms in total. The summed E-state index contributed by atoms with van der Waals surface area (Å²) in [6.07, 6.45) is 1.26. The molecule has 3 aromatic carbocycles. The second-order valence-electron chi connectivity index (χ2n) is 8.81. The number of fused-ring (bicyclic) bond motifs is 1. The Morgan fingerprint density at radius 2 is 1.53 bits per heavy atom. The molecule has 0 unspecified atom stereocenters. The van der Waals surface area contributed by atoms with Gasteiger partial charge in [0.05, 0.1) is 17.6 Å². The zero-order valence-electron chi connectivity index (χ0n) is 19.6. The first-order valence-electron chi connectivity index (χ1n) is 11.0. The third-order valence-electron chi connectivity index (χ3n) is 5.27. The highest BCUT2D eigenvalue weighted by Crippen LogP contribution is 2.28. The Kier molecular flexibility index (Phi) is 6.41. The van der Waals surface area contributed by atoms with Crippen LogP contribution in [0, 0.1) is 0 Å². The highest BCUT2D eigenvalue weighted by molar-refractivity contribution is 5.91. The van der Waals surface area contributed by atoms with E-state index >= 15 is 0 Å². The molecule has 0 aliphatic rings. The molecule has 1 aromatic heterocycles. The lowest BCUT2D eigenvalue weighted by molar-refractivity contribution is 0.0735. The Labute approximate surface area is 197 Å². The lowest BCUT2D eigenvalue weighted by atomic mass is 9.87. The van der Waals surface area contributed by atoms with Crippen LogP contribution in [0.1, 0.15) is 43.6 Å². The number of benzene rings is 3. The first kappa shape index (κ1) is 23.1.